The van der Waals surface area contributed by atoms with Crippen LogP contribution in [0, 0.1) is 5.92 Å². The highest BCUT2D eigenvalue weighted by atomic mass is 16.5. The van der Waals surface area contributed by atoms with Gasteiger partial charge in [-0.3, -0.25) is 14.6 Å². The number of ether oxygens (including phenoxy) is 1. The zero-order chi connectivity index (χ0) is 21.5. The van der Waals surface area contributed by atoms with Crippen LogP contribution in [0.15, 0.2) is 60.1 Å². The van der Waals surface area contributed by atoms with Crippen molar-refractivity contribution in [3.8, 4) is 0 Å². The van der Waals surface area contributed by atoms with Gasteiger partial charge in [0.25, 0.3) is 5.91 Å². The second kappa shape index (κ2) is 7.95. The number of Topliss-reactive ketones (excluding diaryl/α,β-unsaturated/α-hetero) is 1. The largest absolute Gasteiger partial charge is 0.483 e. The lowest BCUT2D eigenvalue weighted by Gasteiger charge is -2.35. The van der Waals surface area contributed by atoms with Crippen molar-refractivity contribution in [3.05, 3.63) is 76.8 Å². The van der Waals surface area contributed by atoms with E-state index in [4.69, 9.17) is 4.74 Å². The van der Waals surface area contributed by atoms with E-state index in [-0.39, 0.29) is 29.5 Å². The van der Waals surface area contributed by atoms with Crippen molar-refractivity contribution < 1.29 is 14.3 Å². The summed E-state index contributed by atoms with van der Waals surface area (Å²) < 4.78 is 6.23. The molecule has 5 nitrogen and oxygen atoms in total. The molecule has 1 saturated carbocycles. The smallest absolute Gasteiger partial charge is 0.290 e. The minimum atomic E-state index is -0.417. The molecule has 2 aliphatic heterocycles. The maximum atomic E-state index is 13.6. The second-order valence-corrected chi connectivity index (χ2v) is 9.17. The van der Waals surface area contributed by atoms with E-state index in [0.29, 0.717) is 18.0 Å². The number of benzene rings is 1. The van der Waals surface area contributed by atoms with Crippen LogP contribution in [-0.2, 0) is 20.9 Å². The molecule has 0 spiro atoms. The van der Waals surface area contributed by atoms with Gasteiger partial charge in [-0.25, -0.2) is 0 Å². The average Bonchev–Trinajstić information content (AvgIpc) is 3.06. The Hall–Kier alpha value is -2.95. The fourth-order valence-electron chi connectivity index (χ4n) is 5.15. The first kappa shape index (κ1) is 20.0. The molecule has 2 aromatic rings. The summed E-state index contributed by atoms with van der Waals surface area (Å²) in [7, 11) is 0. The molecular formula is C26H28N2O3. The normalized spacial score (nSPS) is 25.5. The molecule has 1 fully saturated rings. The molecule has 0 radical (unpaired) electrons. The maximum Gasteiger partial charge on any atom is 0.290 e. The van der Waals surface area contributed by atoms with E-state index in [1.165, 1.54) is 5.56 Å². The Bertz CT molecular complexity index is 1030. The van der Waals surface area contributed by atoms with Crippen LogP contribution in [0.4, 0.5) is 0 Å². The first-order valence-corrected chi connectivity index (χ1v) is 11.3. The van der Waals surface area contributed by atoms with Crippen LogP contribution in [0.3, 0.4) is 0 Å². The van der Waals surface area contributed by atoms with E-state index in [0.717, 1.165) is 36.8 Å². The Morgan fingerprint density at radius 2 is 1.87 bits per heavy atom. The summed E-state index contributed by atoms with van der Waals surface area (Å²) in [5, 5.41) is 0. The van der Waals surface area contributed by atoms with E-state index in [1.54, 1.807) is 17.3 Å². The number of fused-ring (bicyclic) bond motifs is 1. The molecule has 0 saturated heterocycles. The van der Waals surface area contributed by atoms with Crippen molar-refractivity contribution in [1.29, 1.82) is 0 Å². The molecule has 0 bridgehead atoms. The predicted octanol–water partition coefficient (Wildman–Crippen LogP) is 4.70. The van der Waals surface area contributed by atoms with Gasteiger partial charge in [-0.2, -0.15) is 0 Å². The number of aromatic nitrogens is 1. The fourth-order valence-corrected chi connectivity index (χ4v) is 5.15. The van der Waals surface area contributed by atoms with Crippen molar-refractivity contribution in [2.75, 3.05) is 0 Å². The summed E-state index contributed by atoms with van der Waals surface area (Å²) in [4.78, 5) is 33.1. The monoisotopic (exact) mass is 416 g/mol. The van der Waals surface area contributed by atoms with Gasteiger partial charge >= 0.3 is 0 Å². The summed E-state index contributed by atoms with van der Waals surface area (Å²) in [5.74, 6) is 0.481. The number of rotatable bonds is 4. The standard InChI is InChI=1S/C26H28N2O3/c1-16(2)18-9-11-19(12-10-18)23-22-24(29)20-7-3-4-8-21(20)31-25(22)26(30)28(23)15-17-6-5-13-27-14-17/h5-6,9-14,16,20-21,23H,3-4,7-8,15H2,1-2H3. The summed E-state index contributed by atoms with van der Waals surface area (Å²) in [6.07, 6.45) is 7.10. The van der Waals surface area contributed by atoms with E-state index in [1.807, 2.05) is 12.1 Å². The van der Waals surface area contributed by atoms with Gasteiger partial charge in [0.2, 0.25) is 0 Å². The Labute approximate surface area is 183 Å². The highest BCUT2D eigenvalue weighted by molar-refractivity contribution is 6.11. The third-order valence-electron chi connectivity index (χ3n) is 6.85. The predicted molar refractivity (Wildman–Crippen MR) is 117 cm³/mol. The average molecular weight is 417 g/mol. The molecule has 5 rings (SSSR count). The molecule has 3 heterocycles. The zero-order valence-electron chi connectivity index (χ0n) is 18.1. The van der Waals surface area contributed by atoms with Gasteiger partial charge in [0.05, 0.1) is 17.5 Å². The van der Waals surface area contributed by atoms with E-state index >= 15 is 0 Å². The first-order valence-electron chi connectivity index (χ1n) is 11.3. The SMILES string of the molecule is CC(C)c1ccc(C2C3=C(OC4CCCCC4C3=O)C(=O)N2Cc2cccnc2)cc1. The fraction of sp³-hybridized carbons (Fsp3) is 0.423. The van der Waals surface area contributed by atoms with Crippen molar-refractivity contribution in [1.82, 2.24) is 9.88 Å². The summed E-state index contributed by atoms with van der Waals surface area (Å²) >= 11 is 0. The lowest BCUT2D eigenvalue weighted by Crippen LogP contribution is -2.39. The number of pyridine rings is 1. The van der Waals surface area contributed by atoms with Crippen molar-refractivity contribution in [2.24, 2.45) is 5.92 Å². The van der Waals surface area contributed by atoms with E-state index in [9.17, 15) is 9.59 Å². The van der Waals surface area contributed by atoms with Gasteiger partial charge in [-0.05, 0) is 47.9 Å². The minimum absolute atomic E-state index is 0.103. The molecule has 0 N–H and O–H groups in total. The van der Waals surface area contributed by atoms with Gasteiger partial charge in [-0.15, -0.1) is 0 Å². The van der Waals surface area contributed by atoms with Crippen LogP contribution < -0.4 is 0 Å². The molecule has 1 aromatic heterocycles. The van der Waals surface area contributed by atoms with E-state index in [2.05, 4.69) is 43.1 Å². The van der Waals surface area contributed by atoms with Gasteiger partial charge < -0.3 is 9.64 Å². The number of amides is 1. The third-order valence-corrected chi connectivity index (χ3v) is 6.85. The first-order chi connectivity index (χ1) is 15.0. The summed E-state index contributed by atoms with van der Waals surface area (Å²) in [6.45, 7) is 4.71. The molecule has 160 valence electrons. The number of hydrogen-bond acceptors (Lipinski definition) is 4. The van der Waals surface area contributed by atoms with Crippen LogP contribution in [0.5, 0.6) is 0 Å². The molecular weight excluding hydrogens is 388 g/mol. The molecule has 3 aliphatic rings. The second-order valence-electron chi connectivity index (χ2n) is 9.17. The molecule has 5 heteroatoms. The molecule has 31 heavy (non-hydrogen) atoms. The Balaban J connectivity index is 1.57. The number of carbonyl (C=O) groups excluding carboxylic acids is 2. The summed E-state index contributed by atoms with van der Waals surface area (Å²) in [5.41, 5.74) is 3.68. The molecule has 1 aromatic carbocycles. The van der Waals surface area contributed by atoms with Crippen molar-refractivity contribution in [2.45, 2.75) is 64.1 Å². The minimum Gasteiger partial charge on any atom is -0.483 e. The molecule has 3 atom stereocenters. The Morgan fingerprint density at radius 1 is 1.10 bits per heavy atom. The maximum absolute atomic E-state index is 13.6. The quantitative estimate of drug-likeness (QED) is 0.725. The number of nitrogens with zero attached hydrogens (tertiary/aromatic N) is 2. The zero-order valence-corrected chi connectivity index (χ0v) is 18.1. The van der Waals surface area contributed by atoms with Crippen molar-refractivity contribution >= 4 is 11.7 Å². The summed E-state index contributed by atoms with van der Waals surface area (Å²) in [6, 6.07) is 11.7. The number of carbonyl (C=O) groups is 2. The van der Waals surface area contributed by atoms with E-state index < -0.39 is 6.04 Å². The van der Waals surface area contributed by atoms with Gasteiger partial charge in [0.15, 0.2) is 11.5 Å². The third kappa shape index (κ3) is 3.46. The highest BCUT2D eigenvalue weighted by Gasteiger charge is 2.51. The lowest BCUT2D eigenvalue weighted by molar-refractivity contribution is -0.135. The van der Waals surface area contributed by atoms with Crippen LogP contribution >= 0.6 is 0 Å². The molecule has 1 amide bonds. The van der Waals surface area contributed by atoms with Crippen molar-refractivity contribution in [3.63, 3.8) is 0 Å². The molecule has 3 unspecified atom stereocenters. The highest BCUT2D eigenvalue weighted by Crippen LogP contribution is 2.47. The van der Waals surface area contributed by atoms with Gasteiger partial charge in [-0.1, -0.05) is 50.6 Å². The number of hydrogen-bond donors (Lipinski definition) is 0. The number of ketones is 1. The lowest BCUT2D eigenvalue weighted by atomic mass is 9.77. The Morgan fingerprint density at radius 3 is 2.58 bits per heavy atom. The van der Waals surface area contributed by atoms with Crippen LogP contribution in [0.2, 0.25) is 0 Å². The van der Waals surface area contributed by atoms with Crippen LogP contribution in [0.25, 0.3) is 0 Å². The topological polar surface area (TPSA) is 59.5 Å². The molecule has 1 aliphatic carbocycles. The van der Waals surface area contributed by atoms with Crippen LogP contribution in [0.1, 0.15) is 68.2 Å². The Kier molecular flexibility index (Phi) is 5.12. The van der Waals surface area contributed by atoms with Gasteiger partial charge in [0, 0.05) is 18.9 Å². The van der Waals surface area contributed by atoms with Gasteiger partial charge in [0.1, 0.15) is 6.10 Å². The van der Waals surface area contributed by atoms with Crippen LogP contribution in [-0.4, -0.2) is 27.7 Å².